The van der Waals surface area contributed by atoms with E-state index >= 15 is 0 Å². The third-order valence-electron chi connectivity index (χ3n) is 2.35. The van der Waals surface area contributed by atoms with Crippen LogP contribution in [0.1, 0.15) is 16.2 Å². The van der Waals surface area contributed by atoms with Crippen LogP contribution in [0.2, 0.25) is 10.0 Å². The molecule has 7 nitrogen and oxygen atoms in total. The quantitative estimate of drug-likeness (QED) is 0.901. The van der Waals surface area contributed by atoms with Gasteiger partial charge in [0, 0.05) is 11.8 Å². The maximum absolute atomic E-state index is 11.9. The van der Waals surface area contributed by atoms with Crippen LogP contribution in [0.4, 0.5) is 0 Å². The number of aromatic nitrogens is 2. The highest BCUT2D eigenvalue weighted by atomic mass is 35.5. The van der Waals surface area contributed by atoms with Crippen LogP contribution in [0.5, 0.6) is 0 Å². The first-order valence-corrected chi connectivity index (χ1v) is 8.18. The van der Waals surface area contributed by atoms with E-state index in [1.165, 1.54) is 18.2 Å². The zero-order chi connectivity index (χ0) is 15.6. The number of amides is 1. The van der Waals surface area contributed by atoms with Gasteiger partial charge in [-0.1, -0.05) is 28.3 Å². The molecule has 2 rings (SSSR count). The molecule has 0 aliphatic rings. The monoisotopic (exact) mass is 349 g/mol. The predicted octanol–water partition coefficient (Wildman–Crippen LogP) is 1.71. The molecular weight excluding hydrogens is 341 g/mol. The molecule has 0 atom stereocenters. The average molecular weight is 350 g/mol. The molecule has 0 unspecified atom stereocenters. The molecule has 0 spiro atoms. The highest BCUT2D eigenvalue weighted by Crippen LogP contribution is 2.22. The Labute approximate surface area is 130 Å². The van der Waals surface area contributed by atoms with Crippen molar-refractivity contribution in [3.8, 4) is 0 Å². The van der Waals surface area contributed by atoms with Gasteiger partial charge in [-0.3, -0.25) is 4.79 Å². The molecule has 1 heterocycles. The minimum absolute atomic E-state index is 0.0242. The van der Waals surface area contributed by atoms with Gasteiger partial charge in [-0.15, -0.1) is 5.10 Å². The molecule has 0 aliphatic heterocycles. The number of halogens is 2. The third kappa shape index (κ3) is 3.93. The summed E-state index contributed by atoms with van der Waals surface area (Å²) in [5, 5.41) is 9.48. The Bertz CT molecular complexity index is 789. The van der Waals surface area contributed by atoms with E-state index in [0.29, 0.717) is 10.6 Å². The van der Waals surface area contributed by atoms with Crippen molar-refractivity contribution in [2.75, 3.05) is 6.26 Å². The SMILES string of the molecule is CS(=O)(=O)c1nnc(CNC(=O)c2ccc(Cl)c(Cl)c2)o1. The van der Waals surface area contributed by atoms with E-state index in [9.17, 15) is 13.2 Å². The normalized spacial score (nSPS) is 11.4. The number of carbonyl (C=O) groups is 1. The number of hydrogen-bond donors (Lipinski definition) is 1. The average Bonchev–Trinajstić information content (AvgIpc) is 2.88. The van der Waals surface area contributed by atoms with Gasteiger partial charge < -0.3 is 9.73 Å². The molecule has 0 fully saturated rings. The number of carbonyl (C=O) groups excluding carboxylic acids is 1. The van der Waals surface area contributed by atoms with E-state index in [4.69, 9.17) is 27.6 Å². The van der Waals surface area contributed by atoms with Crippen LogP contribution in [-0.4, -0.2) is 30.8 Å². The van der Waals surface area contributed by atoms with Gasteiger partial charge in [0.25, 0.3) is 5.91 Å². The molecule has 0 bridgehead atoms. The Morgan fingerprint density at radius 2 is 2.00 bits per heavy atom. The van der Waals surface area contributed by atoms with E-state index in [-0.39, 0.29) is 17.5 Å². The molecule has 0 saturated carbocycles. The number of rotatable bonds is 4. The van der Waals surface area contributed by atoms with Crippen molar-refractivity contribution in [3.05, 3.63) is 39.7 Å². The zero-order valence-electron chi connectivity index (χ0n) is 10.6. The Balaban J connectivity index is 2.04. The third-order valence-corrected chi connectivity index (χ3v) is 3.89. The fourth-order valence-electron chi connectivity index (χ4n) is 1.35. The first kappa shape index (κ1) is 15.7. The van der Waals surface area contributed by atoms with Crippen molar-refractivity contribution in [1.82, 2.24) is 15.5 Å². The highest BCUT2D eigenvalue weighted by Gasteiger charge is 2.17. The maximum Gasteiger partial charge on any atom is 0.335 e. The molecule has 112 valence electrons. The summed E-state index contributed by atoms with van der Waals surface area (Å²) in [7, 11) is -3.57. The van der Waals surface area contributed by atoms with Crippen molar-refractivity contribution in [2.45, 2.75) is 11.8 Å². The molecule has 1 aromatic carbocycles. The first-order valence-electron chi connectivity index (χ1n) is 5.53. The summed E-state index contributed by atoms with van der Waals surface area (Å²) >= 11 is 11.6. The van der Waals surface area contributed by atoms with Crippen LogP contribution in [0.3, 0.4) is 0 Å². The summed E-state index contributed by atoms with van der Waals surface area (Å²) in [5.41, 5.74) is 0.298. The largest absolute Gasteiger partial charge is 0.411 e. The van der Waals surface area contributed by atoms with E-state index in [0.717, 1.165) is 6.26 Å². The Morgan fingerprint density at radius 3 is 2.57 bits per heavy atom. The van der Waals surface area contributed by atoms with Gasteiger partial charge in [-0.05, 0) is 18.2 Å². The summed E-state index contributed by atoms with van der Waals surface area (Å²) in [6.07, 6.45) is 0.943. The number of sulfone groups is 1. The molecule has 1 N–H and O–H groups in total. The van der Waals surface area contributed by atoms with Gasteiger partial charge in [0.15, 0.2) is 0 Å². The van der Waals surface area contributed by atoms with Gasteiger partial charge in [-0.25, -0.2) is 8.42 Å². The van der Waals surface area contributed by atoms with Crippen molar-refractivity contribution < 1.29 is 17.6 Å². The lowest BCUT2D eigenvalue weighted by atomic mass is 10.2. The first-order chi connectivity index (χ1) is 9.77. The predicted molar refractivity (Wildman–Crippen MR) is 75.0 cm³/mol. The Kier molecular flexibility index (Phi) is 4.50. The highest BCUT2D eigenvalue weighted by molar-refractivity contribution is 7.90. The lowest BCUT2D eigenvalue weighted by molar-refractivity contribution is 0.0946. The zero-order valence-corrected chi connectivity index (χ0v) is 13.0. The molecule has 2 aromatic rings. The van der Waals surface area contributed by atoms with Gasteiger partial charge in [0.05, 0.1) is 16.6 Å². The van der Waals surface area contributed by atoms with Gasteiger partial charge in [0.2, 0.25) is 15.7 Å². The van der Waals surface area contributed by atoms with Crippen LogP contribution in [0, 0.1) is 0 Å². The summed E-state index contributed by atoms with van der Waals surface area (Å²) < 4.78 is 27.2. The molecular formula is C11H9Cl2N3O4S. The number of nitrogens with one attached hydrogen (secondary N) is 1. The van der Waals surface area contributed by atoms with Crippen LogP contribution in [0.25, 0.3) is 0 Å². The number of benzene rings is 1. The molecule has 0 saturated heterocycles. The molecule has 0 radical (unpaired) electrons. The lowest BCUT2D eigenvalue weighted by Gasteiger charge is -2.03. The number of nitrogens with zero attached hydrogens (tertiary/aromatic N) is 2. The van der Waals surface area contributed by atoms with Crippen molar-refractivity contribution in [2.24, 2.45) is 0 Å². The number of hydrogen-bond acceptors (Lipinski definition) is 6. The second kappa shape index (κ2) is 6.00. The summed E-state index contributed by atoms with van der Waals surface area (Å²) in [6.45, 7) is -0.110. The minimum Gasteiger partial charge on any atom is -0.411 e. The van der Waals surface area contributed by atoms with Gasteiger partial charge in [-0.2, -0.15) is 0 Å². The van der Waals surface area contributed by atoms with E-state index in [1.54, 1.807) is 0 Å². The lowest BCUT2D eigenvalue weighted by Crippen LogP contribution is -2.22. The second-order valence-electron chi connectivity index (χ2n) is 4.05. The van der Waals surface area contributed by atoms with Crippen LogP contribution >= 0.6 is 23.2 Å². The maximum atomic E-state index is 11.9. The van der Waals surface area contributed by atoms with Crippen LogP contribution < -0.4 is 5.32 Å². The fraction of sp³-hybridized carbons (Fsp3) is 0.182. The van der Waals surface area contributed by atoms with Crippen molar-refractivity contribution in [1.29, 1.82) is 0 Å². The summed E-state index contributed by atoms with van der Waals surface area (Å²) in [5.74, 6) is -0.462. The standard InChI is InChI=1S/C11H9Cl2N3O4S/c1-21(18,19)11-16-15-9(20-11)5-14-10(17)6-2-3-7(12)8(13)4-6/h2-4H,5H2,1H3,(H,14,17). The smallest absolute Gasteiger partial charge is 0.335 e. The van der Waals surface area contributed by atoms with Crippen LogP contribution in [0.15, 0.2) is 27.8 Å². The summed E-state index contributed by atoms with van der Waals surface area (Å²) in [6, 6.07) is 4.40. The van der Waals surface area contributed by atoms with E-state index in [2.05, 4.69) is 15.5 Å². The van der Waals surface area contributed by atoms with Gasteiger partial charge in [0.1, 0.15) is 0 Å². The van der Waals surface area contributed by atoms with Crippen LogP contribution in [-0.2, 0) is 16.4 Å². The molecule has 0 aliphatic carbocycles. The minimum atomic E-state index is -3.57. The van der Waals surface area contributed by atoms with Crippen molar-refractivity contribution >= 4 is 38.9 Å². The molecule has 21 heavy (non-hydrogen) atoms. The second-order valence-corrected chi connectivity index (χ2v) is 6.75. The summed E-state index contributed by atoms with van der Waals surface area (Å²) in [4.78, 5) is 11.9. The topological polar surface area (TPSA) is 102 Å². The van der Waals surface area contributed by atoms with E-state index in [1.807, 2.05) is 0 Å². The Morgan fingerprint density at radius 1 is 1.29 bits per heavy atom. The molecule has 1 aromatic heterocycles. The van der Waals surface area contributed by atoms with E-state index < -0.39 is 21.0 Å². The van der Waals surface area contributed by atoms with Crippen molar-refractivity contribution in [3.63, 3.8) is 0 Å². The molecule has 1 amide bonds. The molecule has 10 heteroatoms. The fourth-order valence-corrected chi connectivity index (χ4v) is 2.09. The van der Waals surface area contributed by atoms with Gasteiger partial charge >= 0.3 is 5.22 Å². The Hall–Kier alpha value is -1.64.